The summed E-state index contributed by atoms with van der Waals surface area (Å²) < 4.78 is 10.3. The Morgan fingerprint density at radius 2 is 2.11 bits per heavy atom. The fourth-order valence-electron chi connectivity index (χ4n) is 4.34. The molecule has 136 valence electrons. The monoisotopic (exact) mass is 360 g/mol. The lowest BCUT2D eigenvalue weighted by Gasteiger charge is -2.34. The second-order valence-corrected chi connectivity index (χ2v) is 7.02. The van der Waals surface area contributed by atoms with Crippen molar-refractivity contribution in [3.05, 3.63) is 63.7 Å². The number of benzene rings is 2. The van der Waals surface area contributed by atoms with Gasteiger partial charge < -0.3 is 14.5 Å². The molecule has 2 unspecified atom stereocenters. The number of ether oxygens (including phenoxy) is 2. The van der Waals surface area contributed by atoms with Crippen molar-refractivity contribution >= 4 is 29.1 Å². The van der Waals surface area contributed by atoms with Crippen LogP contribution < -0.4 is 25.1 Å². The highest BCUT2D eigenvalue weighted by atomic mass is 16.5. The van der Waals surface area contributed by atoms with E-state index in [1.807, 2.05) is 24.3 Å². The molecule has 0 amide bonds. The first-order valence-corrected chi connectivity index (χ1v) is 9.09. The van der Waals surface area contributed by atoms with E-state index in [2.05, 4.69) is 24.4 Å². The summed E-state index contributed by atoms with van der Waals surface area (Å²) in [6.07, 6.45) is 5.38. The summed E-state index contributed by atoms with van der Waals surface area (Å²) in [7, 11) is 3.09. The maximum atomic E-state index is 12.2. The zero-order valence-electron chi connectivity index (χ0n) is 15.3. The van der Waals surface area contributed by atoms with Crippen LogP contribution >= 0.6 is 0 Å². The van der Waals surface area contributed by atoms with Crippen molar-refractivity contribution in [2.24, 2.45) is 0 Å². The molecule has 1 aromatic heterocycles. The average molecular weight is 360 g/mol. The van der Waals surface area contributed by atoms with E-state index in [0.29, 0.717) is 5.56 Å². The van der Waals surface area contributed by atoms with Crippen molar-refractivity contribution in [1.29, 1.82) is 0 Å². The molecular formula is C22H20N2O3. The number of nitrogens with one attached hydrogen (secondary N) is 1. The Morgan fingerprint density at radius 3 is 2.93 bits per heavy atom. The van der Waals surface area contributed by atoms with Gasteiger partial charge in [-0.2, -0.15) is 0 Å². The molecule has 3 heterocycles. The average Bonchev–Trinajstić information content (AvgIpc) is 3.09. The number of quaternary nitrogens is 1. The summed E-state index contributed by atoms with van der Waals surface area (Å²) in [5.41, 5.74) is 3.99. The Morgan fingerprint density at radius 1 is 1.22 bits per heavy atom. The largest absolute Gasteiger partial charge is 0.655 e. The molecule has 0 aliphatic carbocycles. The molecule has 3 aromatic rings. The highest BCUT2D eigenvalue weighted by Crippen LogP contribution is 2.30. The zero-order chi connectivity index (χ0) is 18.5. The van der Waals surface area contributed by atoms with Gasteiger partial charge in [0.2, 0.25) is 0 Å². The van der Waals surface area contributed by atoms with Gasteiger partial charge in [-0.25, -0.2) is 4.79 Å². The van der Waals surface area contributed by atoms with Crippen LogP contribution in [0.3, 0.4) is 0 Å². The Bertz CT molecular complexity index is 1190. The number of carbonyl (C=O) groups is 1. The molecular weight excluding hydrogens is 340 g/mol. The summed E-state index contributed by atoms with van der Waals surface area (Å²) in [4.78, 5) is 18.5. The topological polar surface area (TPSA) is 54.1 Å². The van der Waals surface area contributed by atoms with E-state index in [1.54, 1.807) is 7.11 Å². The number of methoxy groups -OCH3 is 2. The molecule has 27 heavy (non-hydrogen) atoms. The number of aromatic nitrogens is 1. The number of fused-ring (bicyclic) bond motifs is 6. The van der Waals surface area contributed by atoms with E-state index in [1.165, 1.54) is 23.0 Å². The van der Waals surface area contributed by atoms with Gasteiger partial charge in [-0.05, 0) is 41.3 Å². The van der Waals surface area contributed by atoms with Gasteiger partial charge in [0.25, 0.3) is 0 Å². The second kappa shape index (κ2) is 5.99. The molecule has 0 radical (unpaired) electrons. The molecule has 2 aliphatic rings. The van der Waals surface area contributed by atoms with Crippen LogP contribution in [0.1, 0.15) is 27.7 Å². The van der Waals surface area contributed by atoms with Gasteiger partial charge in [-0.1, -0.05) is 17.8 Å². The Kier molecular flexibility index (Phi) is 3.58. The predicted octanol–water partition coefficient (Wildman–Crippen LogP) is 0.307. The molecule has 0 bridgehead atoms. The van der Waals surface area contributed by atoms with E-state index >= 15 is 0 Å². The first-order valence-electron chi connectivity index (χ1n) is 9.09. The fourth-order valence-corrected chi connectivity index (χ4v) is 4.34. The standard InChI is InChI=1S/C22H19N2O3/c1-26-14-6-7-15-16-8-9-24-12-13-4-3-5-17(22(25)27-2)18(13)11-20(24)21(16)23-19(15)10-14/h3-7,10-12,20H,8-9H2,1-2H3/q-1/p+1. The Hall–Kier alpha value is -3.05. The van der Waals surface area contributed by atoms with Gasteiger partial charge in [0.15, 0.2) is 0 Å². The van der Waals surface area contributed by atoms with Crippen LogP contribution in [-0.4, -0.2) is 26.7 Å². The minimum absolute atomic E-state index is 0.102. The lowest BCUT2D eigenvalue weighted by atomic mass is 9.94. The zero-order valence-corrected chi connectivity index (χ0v) is 15.3. The maximum absolute atomic E-state index is 12.2. The SMILES string of the molecule is COC(=O)c1cccc2c1=CC1c3[n-]c4cc(OC)ccc4c3CC[NH+]1C=2. The maximum Gasteiger partial charge on any atom is 0.338 e. The fraction of sp³-hybridized carbons (Fsp3) is 0.227. The molecule has 0 spiro atoms. The quantitative estimate of drug-likeness (QED) is 0.669. The second-order valence-electron chi connectivity index (χ2n) is 7.02. The lowest BCUT2D eigenvalue weighted by molar-refractivity contribution is -0.845. The van der Waals surface area contributed by atoms with Gasteiger partial charge in [0, 0.05) is 16.9 Å². The lowest BCUT2D eigenvalue weighted by Crippen LogP contribution is -3.09. The molecule has 5 rings (SSSR count). The Labute approximate surface area is 156 Å². The first kappa shape index (κ1) is 16.1. The minimum Gasteiger partial charge on any atom is -0.655 e. The van der Waals surface area contributed by atoms with E-state index in [9.17, 15) is 4.79 Å². The first-order chi connectivity index (χ1) is 13.2. The van der Waals surface area contributed by atoms with Gasteiger partial charge in [-0.15, -0.1) is 5.52 Å². The highest BCUT2D eigenvalue weighted by Gasteiger charge is 2.29. The van der Waals surface area contributed by atoms with E-state index in [4.69, 9.17) is 14.5 Å². The van der Waals surface area contributed by atoms with Crippen LogP contribution in [0.25, 0.3) is 23.2 Å². The van der Waals surface area contributed by atoms with Crippen LogP contribution in [0.5, 0.6) is 5.75 Å². The number of hydrogen-bond donors (Lipinski definition) is 1. The normalized spacial score (nSPS) is 19.9. The van der Waals surface area contributed by atoms with Gasteiger partial charge in [0.05, 0.1) is 26.3 Å². The van der Waals surface area contributed by atoms with E-state index < -0.39 is 0 Å². The summed E-state index contributed by atoms with van der Waals surface area (Å²) >= 11 is 0. The van der Waals surface area contributed by atoms with Crippen molar-refractivity contribution in [3.63, 3.8) is 0 Å². The van der Waals surface area contributed by atoms with Crippen LogP contribution in [0.15, 0.2) is 36.4 Å². The number of nitrogens with zero attached hydrogens (tertiary/aromatic N) is 1. The molecule has 1 N–H and O–H groups in total. The molecule has 2 atom stereocenters. The minimum atomic E-state index is -0.304. The number of rotatable bonds is 2. The van der Waals surface area contributed by atoms with Crippen LogP contribution in [0.2, 0.25) is 0 Å². The molecule has 5 nitrogen and oxygen atoms in total. The van der Waals surface area contributed by atoms with Gasteiger partial charge in [-0.3, -0.25) is 4.90 Å². The van der Waals surface area contributed by atoms with Crippen molar-refractivity contribution in [2.75, 3.05) is 20.8 Å². The summed E-state index contributed by atoms with van der Waals surface area (Å²) in [6.45, 7) is 1.00. The van der Waals surface area contributed by atoms with E-state index in [0.717, 1.165) is 40.4 Å². The van der Waals surface area contributed by atoms with Crippen LogP contribution in [-0.2, 0) is 11.2 Å². The molecule has 2 aromatic carbocycles. The van der Waals surface area contributed by atoms with Crippen LogP contribution in [0, 0.1) is 0 Å². The van der Waals surface area contributed by atoms with E-state index in [-0.39, 0.29) is 12.0 Å². The van der Waals surface area contributed by atoms with Gasteiger partial charge >= 0.3 is 5.97 Å². The number of carbonyl (C=O) groups excluding carboxylic acids is 1. The van der Waals surface area contributed by atoms with Gasteiger partial charge in [0.1, 0.15) is 18.0 Å². The third-order valence-corrected chi connectivity index (χ3v) is 5.66. The summed E-state index contributed by atoms with van der Waals surface area (Å²) in [6, 6.07) is 12.0. The Balaban J connectivity index is 1.72. The molecule has 0 saturated heterocycles. The summed E-state index contributed by atoms with van der Waals surface area (Å²) in [5.74, 6) is 0.514. The molecule has 5 heteroatoms. The number of esters is 1. The van der Waals surface area contributed by atoms with Crippen molar-refractivity contribution < 1.29 is 19.2 Å². The predicted molar refractivity (Wildman–Crippen MR) is 102 cm³/mol. The van der Waals surface area contributed by atoms with Crippen molar-refractivity contribution in [3.8, 4) is 5.75 Å². The number of hydrogen-bond acceptors (Lipinski definition) is 3. The third kappa shape index (κ3) is 2.39. The molecule has 0 saturated carbocycles. The summed E-state index contributed by atoms with van der Waals surface area (Å²) in [5, 5.41) is 3.21. The highest BCUT2D eigenvalue weighted by molar-refractivity contribution is 5.90. The molecule has 2 aliphatic heterocycles. The third-order valence-electron chi connectivity index (χ3n) is 5.66. The van der Waals surface area contributed by atoms with Crippen molar-refractivity contribution in [1.82, 2.24) is 4.98 Å². The van der Waals surface area contributed by atoms with Crippen LogP contribution in [0.4, 0.5) is 0 Å². The molecule has 0 fully saturated rings. The van der Waals surface area contributed by atoms with Crippen molar-refractivity contribution in [2.45, 2.75) is 12.5 Å². The smallest absolute Gasteiger partial charge is 0.338 e.